The normalized spacial score (nSPS) is 22.2. The lowest BCUT2D eigenvalue weighted by Gasteiger charge is -2.34. The minimum atomic E-state index is 0.0965. The molecule has 1 aliphatic rings. The first-order valence-corrected chi connectivity index (χ1v) is 6.12. The Morgan fingerprint density at radius 2 is 2.44 bits per heavy atom. The predicted molar refractivity (Wildman–Crippen MR) is 64.0 cm³/mol. The highest BCUT2D eigenvalue weighted by Gasteiger charge is 2.22. The summed E-state index contributed by atoms with van der Waals surface area (Å²) in [6.07, 6.45) is 1.80. The van der Waals surface area contributed by atoms with E-state index >= 15 is 0 Å². The fraction of sp³-hybridized carbons (Fsp3) is 0.545. The lowest BCUT2D eigenvalue weighted by molar-refractivity contribution is -0.0317. The second-order valence-corrected chi connectivity index (χ2v) is 4.77. The van der Waals surface area contributed by atoms with E-state index in [9.17, 15) is 5.11 Å². The van der Waals surface area contributed by atoms with Gasteiger partial charge in [0.15, 0.2) is 0 Å². The van der Waals surface area contributed by atoms with E-state index in [4.69, 9.17) is 4.74 Å². The number of aromatic nitrogens is 1. The van der Waals surface area contributed by atoms with E-state index in [1.54, 1.807) is 6.20 Å². The summed E-state index contributed by atoms with van der Waals surface area (Å²) in [5.74, 6) is 0. The summed E-state index contributed by atoms with van der Waals surface area (Å²) < 4.78 is 6.31. The highest BCUT2D eigenvalue weighted by Crippen LogP contribution is 2.13. The molecule has 1 atom stereocenters. The fourth-order valence-electron chi connectivity index (χ4n) is 1.77. The number of morpholine rings is 1. The zero-order valence-electron chi connectivity index (χ0n) is 8.97. The summed E-state index contributed by atoms with van der Waals surface area (Å²) in [6, 6.07) is 4.07. The fourth-order valence-corrected chi connectivity index (χ4v) is 2.01. The zero-order chi connectivity index (χ0) is 11.4. The van der Waals surface area contributed by atoms with Gasteiger partial charge in [0, 0.05) is 23.8 Å². The third kappa shape index (κ3) is 3.01. The number of pyridine rings is 1. The molecule has 1 aromatic rings. The average Bonchev–Trinajstić information content (AvgIpc) is 2.33. The molecule has 5 heteroatoms. The first-order chi connectivity index (χ1) is 7.79. The number of nitrogens with zero attached hydrogens (tertiary/aromatic N) is 2. The SMILES string of the molecule is OCC1COCCN1Cc1ccc(Br)cn1. The molecule has 2 rings (SSSR count). The maximum Gasteiger partial charge on any atom is 0.0645 e. The second-order valence-electron chi connectivity index (χ2n) is 3.85. The molecule has 4 nitrogen and oxygen atoms in total. The Bertz CT molecular complexity index is 331. The van der Waals surface area contributed by atoms with Gasteiger partial charge in [-0.05, 0) is 28.1 Å². The van der Waals surface area contributed by atoms with Crippen molar-refractivity contribution in [3.8, 4) is 0 Å². The molecule has 0 amide bonds. The molecular weight excluding hydrogens is 272 g/mol. The molecule has 2 heterocycles. The van der Waals surface area contributed by atoms with Crippen LogP contribution in [0.5, 0.6) is 0 Å². The van der Waals surface area contributed by atoms with Gasteiger partial charge in [0.2, 0.25) is 0 Å². The van der Waals surface area contributed by atoms with Gasteiger partial charge in [0.05, 0.1) is 31.6 Å². The van der Waals surface area contributed by atoms with Crippen molar-refractivity contribution in [1.82, 2.24) is 9.88 Å². The van der Waals surface area contributed by atoms with Crippen molar-refractivity contribution in [2.75, 3.05) is 26.4 Å². The number of rotatable bonds is 3. The molecular formula is C11H15BrN2O2. The zero-order valence-corrected chi connectivity index (χ0v) is 10.6. The summed E-state index contributed by atoms with van der Waals surface area (Å²) in [4.78, 5) is 6.54. The van der Waals surface area contributed by atoms with Crippen LogP contribution in [0.15, 0.2) is 22.8 Å². The third-order valence-electron chi connectivity index (χ3n) is 2.71. The van der Waals surface area contributed by atoms with Crippen molar-refractivity contribution in [1.29, 1.82) is 0 Å². The summed E-state index contributed by atoms with van der Waals surface area (Å²) in [5.41, 5.74) is 1.02. The Morgan fingerprint density at radius 3 is 3.12 bits per heavy atom. The van der Waals surface area contributed by atoms with E-state index in [1.807, 2.05) is 12.1 Å². The molecule has 0 aromatic carbocycles. The Kier molecular flexibility index (Phi) is 4.29. The van der Waals surface area contributed by atoms with Crippen molar-refractivity contribution in [3.05, 3.63) is 28.5 Å². The van der Waals surface area contributed by atoms with Crippen LogP contribution < -0.4 is 0 Å². The molecule has 0 saturated carbocycles. The van der Waals surface area contributed by atoms with Crippen molar-refractivity contribution in [2.45, 2.75) is 12.6 Å². The Balaban J connectivity index is 1.99. The van der Waals surface area contributed by atoms with E-state index in [1.165, 1.54) is 0 Å². The van der Waals surface area contributed by atoms with Crippen LogP contribution >= 0.6 is 15.9 Å². The molecule has 1 aromatic heterocycles. The van der Waals surface area contributed by atoms with Gasteiger partial charge in [-0.25, -0.2) is 0 Å². The van der Waals surface area contributed by atoms with Gasteiger partial charge in [0.1, 0.15) is 0 Å². The topological polar surface area (TPSA) is 45.6 Å². The van der Waals surface area contributed by atoms with E-state index in [0.717, 1.165) is 29.9 Å². The maximum absolute atomic E-state index is 9.23. The number of aliphatic hydroxyl groups is 1. The molecule has 0 spiro atoms. The highest BCUT2D eigenvalue weighted by atomic mass is 79.9. The minimum absolute atomic E-state index is 0.0965. The number of hydrogen-bond acceptors (Lipinski definition) is 4. The highest BCUT2D eigenvalue weighted by molar-refractivity contribution is 9.10. The standard InChI is InChI=1S/C11H15BrN2O2/c12-9-1-2-10(13-5-9)6-14-3-4-16-8-11(14)7-15/h1-2,5,11,15H,3-4,6-8H2. The van der Waals surface area contributed by atoms with Crippen LogP contribution in [0.1, 0.15) is 5.69 Å². The van der Waals surface area contributed by atoms with Gasteiger partial charge in [-0.15, -0.1) is 0 Å². The second kappa shape index (κ2) is 5.72. The Hall–Kier alpha value is -0.490. The van der Waals surface area contributed by atoms with Gasteiger partial charge in [-0.3, -0.25) is 9.88 Å². The first kappa shape index (κ1) is 12.0. The molecule has 1 aliphatic heterocycles. The van der Waals surface area contributed by atoms with Gasteiger partial charge >= 0.3 is 0 Å². The molecule has 1 N–H and O–H groups in total. The van der Waals surface area contributed by atoms with Gasteiger partial charge in [0.25, 0.3) is 0 Å². The predicted octanol–water partition coefficient (Wildman–Crippen LogP) is 1.04. The van der Waals surface area contributed by atoms with Crippen LogP contribution in [0.25, 0.3) is 0 Å². The van der Waals surface area contributed by atoms with Gasteiger partial charge < -0.3 is 9.84 Å². The largest absolute Gasteiger partial charge is 0.395 e. The molecule has 0 aliphatic carbocycles. The third-order valence-corrected chi connectivity index (χ3v) is 3.18. The monoisotopic (exact) mass is 286 g/mol. The number of ether oxygens (including phenoxy) is 1. The quantitative estimate of drug-likeness (QED) is 0.902. The van der Waals surface area contributed by atoms with Crippen LogP contribution in [-0.2, 0) is 11.3 Å². The summed E-state index contributed by atoms with van der Waals surface area (Å²) in [6.45, 7) is 3.08. The summed E-state index contributed by atoms with van der Waals surface area (Å²) in [7, 11) is 0. The van der Waals surface area contributed by atoms with E-state index < -0.39 is 0 Å². The molecule has 0 radical (unpaired) electrons. The number of aliphatic hydroxyl groups excluding tert-OH is 1. The molecule has 16 heavy (non-hydrogen) atoms. The van der Waals surface area contributed by atoms with Crippen molar-refractivity contribution >= 4 is 15.9 Å². The molecule has 1 unspecified atom stereocenters. The van der Waals surface area contributed by atoms with Crippen LogP contribution in [0.4, 0.5) is 0 Å². The van der Waals surface area contributed by atoms with E-state index in [2.05, 4.69) is 25.8 Å². The Morgan fingerprint density at radius 1 is 1.56 bits per heavy atom. The van der Waals surface area contributed by atoms with Crippen molar-refractivity contribution in [3.63, 3.8) is 0 Å². The van der Waals surface area contributed by atoms with E-state index in [0.29, 0.717) is 6.61 Å². The van der Waals surface area contributed by atoms with Gasteiger partial charge in [-0.1, -0.05) is 0 Å². The molecule has 88 valence electrons. The summed E-state index contributed by atoms with van der Waals surface area (Å²) >= 11 is 3.36. The van der Waals surface area contributed by atoms with Crippen LogP contribution in [0.3, 0.4) is 0 Å². The smallest absolute Gasteiger partial charge is 0.0645 e. The van der Waals surface area contributed by atoms with Crippen LogP contribution in [-0.4, -0.2) is 47.4 Å². The lowest BCUT2D eigenvalue weighted by Crippen LogP contribution is -2.46. The van der Waals surface area contributed by atoms with Gasteiger partial charge in [-0.2, -0.15) is 0 Å². The molecule has 1 fully saturated rings. The van der Waals surface area contributed by atoms with Crippen LogP contribution in [0.2, 0.25) is 0 Å². The van der Waals surface area contributed by atoms with E-state index in [-0.39, 0.29) is 12.6 Å². The minimum Gasteiger partial charge on any atom is -0.395 e. The maximum atomic E-state index is 9.23. The average molecular weight is 287 g/mol. The Labute approximate surface area is 103 Å². The molecule has 1 saturated heterocycles. The first-order valence-electron chi connectivity index (χ1n) is 5.32. The number of halogens is 1. The van der Waals surface area contributed by atoms with Crippen molar-refractivity contribution < 1.29 is 9.84 Å². The molecule has 0 bridgehead atoms. The number of hydrogen-bond donors (Lipinski definition) is 1. The van der Waals surface area contributed by atoms with Crippen molar-refractivity contribution in [2.24, 2.45) is 0 Å². The lowest BCUT2D eigenvalue weighted by atomic mass is 10.2. The van der Waals surface area contributed by atoms with Crippen LogP contribution in [0, 0.1) is 0 Å². The summed E-state index contributed by atoms with van der Waals surface area (Å²) in [5, 5.41) is 9.23.